The first kappa shape index (κ1) is 20.8. The van der Waals surface area contributed by atoms with E-state index in [1.54, 1.807) is 0 Å². The second kappa shape index (κ2) is 8.79. The Hall–Kier alpha value is -4.12. The summed E-state index contributed by atoms with van der Waals surface area (Å²) in [6.45, 7) is 4.24. The van der Waals surface area contributed by atoms with Crippen molar-refractivity contribution < 1.29 is 13.9 Å². The number of benzene rings is 4. The monoisotopic (exact) mass is 436 g/mol. The Morgan fingerprint density at radius 3 is 2.52 bits per heavy atom. The van der Waals surface area contributed by atoms with Gasteiger partial charge in [0, 0.05) is 11.3 Å². The highest BCUT2D eigenvalue weighted by Gasteiger charge is 2.11. The van der Waals surface area contributed by atoms with Crippen LogP contribution in [0.25, 0.3) is 33.3 Å². The molecule has 0 aliphatic rings. The first-order valence-corrected chi connectivity index (χ1v) is 11.0. The zero-order valence-corrected chi connectivity index (χ0v) is 18.5. The van der Waals surface area contributed by atoms with E-state index in [0.717, 1.165) is 27.4 Å². The van der Waals surface area contributed by atoms with E-state index in [4.69, 9.17) is 9.15 Å². The van der Waals surface area contributed by atoms with Gasteiger partial charge in [0.1, 0.15) is 11.3 Å². The van der Waals surface area contributed by atoms with E-state index in [-0.39, 0.29) is 12.5 Å². The lowest BCUT2D eigenvalue weighted by Crippen LogP contribution is -2.20. The molecular weight excluding hydrogens is 412 g/mol. The van der Waals surface area contributed by atoms with Crippen molar-refractivity contribution in [3.05, 3.63) is 90.5 Å². The fourth-order valence-corrected chi connectivity index (χ4v) is 3.73. The molecule has 0 aliphatic heterocycles. The van der Waals surface area contributed by atoms with Crippen molar-refractivity contribution >= 4 is 33.5 Å². The molecule has 0 fully saturated rings. The third-order valence-electron chi connectivity index (χ3n) is 5.58. The Kier molecular flexibility index (Phi) is 5.53. The van der Waals surface area contributed by atoms with Crippen LogP contribution in [0.15, 0.2) is 89.3 Å². The average molecular weight is 437 g/mol. The Labute approximate surface area is 192 Å². The fourth-order valence-electron chi connectivity index (χ4n) is 3.73. The second-order valence-corrected chi connectivity index (χ2v) is 8.32. The average Bonchev–Trinajstić information content (AvgIpc) is 3.26. The van der Waals surface area contributed by atoms with Gasteiger partial charge in [-0.25, -0.2) is 4.98 Å². The molecule has 0 unspecified atom stereocenters. The smallest absolute Gasteiger partial charge is 0.262 e. The number of oxazole rings is 1. The van der Waals surface area contributed by atoms with Crippen molar-refractivity contribution in [3.8, 4) is 17.2 Å². The first-order chi connectivity index (χ1) is 16.0. The summed E-state index contributed by atoms with van der Waals surface area (Å²) < 4.78 is 11.6. The Balaban J connectivity index is 1.22. The molecule has 0 radical (unpaired) electrons. The molecule has 0 atom stereocenters. The number of hydrogen-bond donors (Lipinski definition) is 1. The van der Waals surface area contributed by atoms with Crippen molar-refractivity contribution in [2.75, 3.05) is 11.9 Å². The minimum Gasteiger partial charge on any atom is -0.484 e. The van der Waals surface area contributed by atoms with Gasteiger partial charge in [0.15, 0.2) is 12.2 Å². The van der Waals surface area contributed by atoms with Gasteiger partial charge in [-0.1, -0.05) is 50.2 Å². The largest absolute Gasteiger partial charge is 0.484 e. The molecule has 5 aromatic rings. The maximum absolute atomic E-state index is 12.3. The van der Waals surface area contributed by atoms with Gasteiger partial charge in [-0.3, -0.25) is 4.79 Å². The van der Waals surface area contributed by atoms with E-state index in [9.17, 15) is 4.79 Å². The quantitative estimate of drug-likeness (QED) is 0.318. The van der Waals surface area contributed by atoms with Crippen LogP contribution in [-0.4, -0.2) is 17.5 Å². The number of anilines is 1. The van der Waals surface area contributed by atoms with Crippen LogP contribution in [0.4, 0.5) is 5.69 Å². The molecule has 4 aromatic carbocycles. The van der Waals surface area contributed by atoms with Crippen molar-refractivity contribution in [1.29, 1.82) is 0 Å². The highest BCUT2D eigenvalue weighted by atomic mass is 16.5. The van der Waals surface area contributed by atoms with E-state index in [2.05, 4.69) is 36.3 Å². The van der Waals surface area contributed by atoms with Crippen molar-refractivity contribution in [3.63, 3.8) is 0 Å². The number of rotatable bonds is 6. The number of carbonyl (C=O) groups is 1. The van der Waals surface area contributed by atoms with E-state index in [1.165, 1.54) is 5.56 Å². The van der Waals surface area contributed by atoms with Gasteiger partial charge in [0.2, 0.25) is 5.89 Å². The molecule has 1 amide bonds. The van der Waals surface area contributed by atoms with E-state index in [0.29, 0.717) is 23.2 Å². The van der Waals surface area contributed by atoms with Gasteiger partial charge < -0.3 is 14.5 Å². The van der Waals surface area contributed by atoms with Crippen LogP contribution >= 0.6 is 0 Å². The van der Waals surface area contributed by atoms with Crippen LogP contribution in [0.5, 0.6) is 5.75 Å². The lowest BCUT2D eigenvalue weighted by Gasteiger charge is -2.08. The maximum Gasteiger partial charge on any atom is 0.262 e. The molecule has 1 aromatic heterocycles. The minimum absolute atomic E-state index is 0.0661. The van der Waals surface area contributed by atoms with E-state index >= 15 is 0 Å². The van der Waals surface area contributed by atoms with Crippen molar-refractivity contribution in [1.82, 2.24) is 4.98 Å². The lowest BCUT2D eigenvalue weighted by molar-refractivity contribution is -0.118. The predicted octanol–water partition coefficient (Wildman–Crippen LogP) is 6.79. The summed E-state index contributed by atoms with van der Waals surface area (Å²) in [6.07, 6.45) is 0. The van der Waals surface area contributed by atoms with Gasteiger partial charge in [-0.15, -0.1) is 0 Å². The maximum atomic E-state index is 12.3. The molecule has 0 saturated carbocycles. The van der Waals surface area contributed by atoms with Crippen molar-refractivity contribution in [2.24, 2.45) is 0 Å². The van der Waals surface area contributed by atoms with Crippen LogP contribution < -0.4 is 10.1 Å². The Morgan fingerprint density at radius 1 is 0.939 bits per heavy atom. The molecule has 33 heavy (non-hydrogen) atoms. The topological polar surface area (TPSA) is 64.4 Å². The molecule has 5 rings (SSSR count). The third kappa shape index (κ3) is 4.58. The molecule has 0 spiro atoms. The highest BCUT2D eigenvalue weighted by molar-refractivity contribution is 5.92. The lowest BCUT2D eigenvalue weighted by atomic mass is 10.0. The van der Waals surface area contributed by atoms with Crippen LogP contribution in [0, 0.1) is 0 Å². The summed E-state index contributed by atoms with van der Waals surface area (Å²) in [5.41, 5.74) is 4.37. The zero-order chi connectivity index (χ0) is 22.8. The number of aromatic nitrogens is 1. The number of ether oxygens (including phenoxy) is 1. The molecule has 164 valence electrons. The standard InChI is InChI=1S/C28H24N2O3/c1-18(2)21-10-14-26-25(16-21)30-28(33-26)20-7-11-23(12-8-20)29-27(31)17-32-24-13-9-19-5-3-4-6-22(19)15-24/h3-16,18H,17H2,1-2H3,(H,29,31). The molecule has 1 heterocycles. The molecule has 5 heteroatoms. The molecule has 0 saturated heterocycles. The van der Waals surface area contributed by atoms with Crippen LogP contribution in [0.3, 0.4) is 0 Å². The summed E-state index contributed by atoms with van der Waals surface area (Å²) in [6, 6.07) is 27.3. The van der Waals surface area contributed by atoms with Gasteiger partial charge >= 0.3 is 0 Å². The Bertz CT molecular complexity index is 1440. The molecular formula is C28H24N2O3. The number of carbonyl (C=O) groups excluding carboxylic acids is 1. The summed E-state index contributed by atoms with van der Waals surface area (Å²) in [5.74, 6) is 1.43. The van der Waals surface area contributed by atoms with Gasteiger partial charge in [0.05, 0.1) is 0 Å². The van der Waals surface area contributed by atoms with E-state index < -0.39 is 0 Å². The van der Waals surface area contributed by atoms with Crippen LogP contribution in [0.1, 0.15) is 25.3 Å². The number of nitrogens with one attached hydrogen (secondary N) is 1. The van der Waals surface area contributed by atoms with Gasteiger partial charge in [-0.05, 0) is 70.8 Å². The summed E-state index contributed by atoms with van der Waals surface area (Å²) >= 11 is 0. The summed E-state index contributed by atoms with van der Waals surface area (Å²) in [7, 11) is 0. The number of amides is 1. The summed E-state index contributed by atoms with van der Waals surface area (Å²) in [5, 5.41) is 5.07. The number of nitrogens with zero attached hydrogens (tertiary/aromatic N) is 1. The van der Waals surface area contributed by atoms with Crippen LogP contribution in [-0.2, 0) is 4.79 Å². The predicted molar refractivity (Wildman–Crippen MR) is 132 cm³/mol. The third-order valence-corrected chi connectivity index (χ3v) is 5.58. The molecule has 1 N–H and O–H groups in total. The summed E-state index contributed by atoms with van der Waals surface area (Å²) in [4.78, 5) is 17.0. The van der Waals surface area contributed by atoms with Gasteiger partial charge in [0.25, 0.3) is 5.91 Å². The minimum atomic E-state index is -0.223. The Morgan fingerprint density at radius 2 is 1.73 bits per heavy atom. The van der Waals surface area contributed by atoms with Crippen molar-refractivity contribution in [2.45, 2.75) is 19.8 Å². The zero-order valence-electron chi connectivity index (χ0n) is 18.5. The molecule has 0 bridgehead atoms. The first-order valence-electron chi connectivity index (χ1n) is 11.0. The SMILES string of the molecule is CC(C)c1ccc2oc(-c3ccc(NC(=O)COc4ccc5ccccc5c4)cc3)nc2c1. The molecule has 5 nitrogen and oxygen atoms in total. The highest BCUT2D eigenvalue weighted by Crippen LogP contribution is 2.28. The van der Waals surface area contributed by atoms with Crippen LogP contribution in [0.2, 0.25) is 0 Å². The number of fused-ring (bicyclic) bond motifs is 2. The number of hydrogen-bond acceptors (Lipinski definition) is 4. The fraction of sp³-hybridized carbons (Fsp3) is 0.143. The second-order valence-electron chi connectivity index (χ2n) is 8.32. The molecule has 0 aliphatic carbocycles. The normalized spacial score (nSPS) is 11.2. The van der Waals surface area contributed by atoms with Gasteiger partial charge in [-0.2, -0.15) is 0 Å². The van der Waals surface area contributed by atoms with E-state index in [1.807, 2.05) is 72.8 Å².